The Kier molecular flexibility index (Phi) is 9.06. The summed E-state index contributed by atoms with van der Waals surface area (Å²) in [6.07, 6.45) is 9.29. The van der Waals surface area contributed by atoms with Gasteiger partial charge in [-0.1, -0.05) is 13.8 Å². The quantitative estimate of drug-likeness (QED) is 0.274. The molecule has 7 heteroatoms. The van der Waals surface area contributed by atoms with Crippen LogP contribution in [0.1, 0.15) is 80.4 Å². The number of ether oxygens (including phenoxy) is 1. The van der Waals surface area contributed by atoms with Crippen LogP contribution in [0.25, 0.3) is 10.4 Å². The molecule has 1 heterocycles. The maximum atomic E-state index is 12.6. The van der Waals surface area contributed by atoms with E-state index in [9.17, 15) is 14.4 Å². The average molecular weight is 525 g/mol. The Labute approximate surface area is 224 Å². The Hall–Kier alpha value is -2.67. The first-order valence-electron chi connectivity index (χ1n) is 13.6. The molecule has 37 heavy (non-hydrogen) atoms. The van der Waals surface area contributed by atoms with Crippen molar-refractivity contribution in [1.29, 1.82) is 0 Å². The molecule has 0 radical (unpaired) electrons. The first-order chi connectivity index (χ1) is 17.7. The number of hydrogen-bond donors (Lipinski definition) is 2. The SMILES string of the molecule is Cc1sc(-c2ccc(OCCCCNC(=O)CC3(C)CC4CC(C)CC(C4)C3)cc2)cc1C(=O)NC=O. The number of amides is 3. The van der Waals surface area contributed by atoms with Crippen molar-refractivity contribution in [1.82, 2.24) is 10.6 Å². The highest BCUT2D eigenvalue weighted by Gasteiger charge is 2.41. The van der Waals surface area contributed by atoms with Crippen LogP contribution in [0.5, 0.6) is 5.75 Å². The predicted molar refractivity (Wildman–Crippen MR) is 148 cm³/mol. The fourth-order valence-corrected chi connectivity index (χ4v) is 7.67. The Bertz CT molecular complexity index is 1080. The number of carbonyl (C=O) groups is 3. The average Bonchev–Trinajstić information content (AvgIpc) is 3.22. The molecule has 2 atom stereocenters. The molecular formula is C30H40N2O4S. The van der Waals surface area contributed by atoms with Crippen LogP contribution in [0, 0.1) is 30.1 Å². The Morgan fingerprint density at radius 1 is 1.11 bits per heavy atom. The molecule has 0 saturated heterocycles. The summed E-state index contributed by atoms with van der Waals surface area (Å²) < 4.78 is 5.88. The summed E-state index contributed by atoms with van der Waals surface area (Å²) in [5.41, 5.74) is 1.68. The minimum absolute atomic E-state index is 0.165. The number of nitrogens with one attached hydrogen (secondary N) is 2. The predicted octanol–water partition coefficient (Wildman–Crippen LogP) is 6.13. The van der Waals surface area contributed by atoms with E-state index in [0.717, 1.165) is 51.7 Å². The van der Waals surface area contributed by atoms with Gasteiger partial charge < -0.3 is 10.1 Å². The number of thiophene rings is 1. The van der Waals surface area contributed by atoms with Gasteiger partial charge in [-0.2, -0.15) is 0 Å². The van der Waals surface area contributed by atoms with Crippen LogP contribution < -0.4 is 15.4 Å². The molecule has 1 aromatic carbocycles. The van der Waals surface area contributed by atoms with Crippen molar-refractivity contribution in [2.75, 3.05) is 13.2 Å². The van der Waals surface area contributed by atoms with E-state index in [0.29, 0.717) is 31.5 Å². The largest absolute Gasteiger partial charge is 0.494 e. The summed E-state index contributed by atoms with van der Waals surface area (Å²) in [5.74, 6) is 3.09. The van der Waals surface area contributed by atoms with E-state index in [1.54, 1.807) is 0 Å². The fourth-order valence-electron chi connectivity index (χ4n) is 6.64. The smallest absolute Gasteiger partial charge is 0.258 e. The van der Waals surface area contributed by atoms with Crippen LogP contribution in [0.3, 0.4) is 0 Å². The monoisotopic (exact) mass is 524 g/mol. The number of hydrogen-bond acceptors (Lipinski definition) is 5. The van der Waals surface area contributed by atoms with E-state index in [4.69, 9.17) is 4.74 Å². The lowest BCUT2D eigenvalue weighted by Crippen LogP contribution is -2.39. The van der Waals surface area contributed by atoms with Crippen LogP contribution in [0.15, 0.2) is 30.3 Å². The number of rotatable bonds is 11. The van der Waals surface area contributed by atoms with Gasteiger partial charge in [0.25, 0.3) is 5.91 Å². The van der Waals surface area contributed by atoms with Gasteiger partial charge in [0.15, 0.2) is 0 Å². The molecule has 0 spiro atoms. The van der Waals surface area contributed by atoms with Crippen molar-refractivity contribution in [3.8, 4) is 16.2 Å². The van der Waals surface area contributed by atoms with Gasteiger partial charge in [-0.15, -0.1) is 11.3 Å². The van der Waals surface area contributed by atoms with Gasteiger partial charge in [-0.05, 0) is 111 Å². The standard InChI is InChI=1S/C30H40N2O4S/c1-20-12-22-14-23(13-20)17-30(3,16-22)18-28(34)31-10-4-5-11-36-25-8-6-24(7-9-25)27-15-26(21(2)37-27)29(35)32-19-33/h6-9,15,19-20,22-23H,4-5,10-14,16-18H2,1-3H3,(H,31,34)(H,32,33,35). The third kappa shape index (κ3) is 7.44. The number of imide groups is 1. The van der Waals surface area contributed by atoms with Crippen LogP contribution >= 0.6 is 11.3 Å². The summed E-state index contributed by atoms with van der Waals surface area (Å²) in [7, 11) is 0. The van der Waals surface area contributed by atoms with Gasteiger partial charge >= 0.3 is 0 Å². The first-order valence-corrected chi connectivity index (χ1v) is 14.4. The minimum atomic E-state index is -0.383. The maximum absolute atomic E-state index is 12.6. The summed E-state index contributed by atoms with van der Waals surface area (Å²) in [6, 6.07) is 9.62. The van der Waals surface area contributed by atoms with E-state index >= 15 is 0 Å². The number of fused-ring (bicyclic) bond motifs is 2. The molecule has 2 aliphatic carbocycles. The maximum Gasteiger partial charge on any atom is 0.258 e. The number of unbranched alkanes of at least 4 members (excludes halogenated alkanes) is 1. The molecule has 200 valence electrons. The van der Waals surface area contributed by atoms with Crippen molar-refractivity contribution in [2.45, 2.75) is 72.1 Å². The lowest BCUT2D eigenvalue weighted by Gasteiger charge is -2.47. The van der Waals surface area contributed by atoms with E-state index in [1.807, 2.05) is 37.3 Å². The second kappa shape index (κ2) is 12.2. The first kappa shape index (κ1) is 27.4. The van der Waals surface area contributed by atoms with E-state index in [2.05, 4.69) is 24.5 Å². The molecule has 1 aromatic heterocycles. The summed E-state index contributed by atoms with van der Waals surface area (Å²) in [6.45, 7) is 7.87. The molecular weight excluding hydrogens is 484 g/mol. The molecule has 2 saturated carbocycles. The molecule has 2 aromatic rings. The van der Waals surface area contributed by atoms with Crippen LogP contribution in [0.4, 0.5) is 0 Å². The molecule has 0 aliphatic heterocycles. The second-order valence-corrected chi connectivity index (χ2v) is 12.8. The van der Waals surface area contributed by atoms with Crippen molar-refractivity contribution in [3.05, 3.63) is 40.8 Å². The highest BCUT2D eigenvalue weighted by molar-refractivity contribution is 7.15. The molecule has 2 aliphatic rings. The highest BCUT2D eigenvalue weighted by Crippen LogP contribution is 2.51. The zero-order valence-corrected chi connectivity index (χ0v) is 23.1. The number of benzene rings is 1. The van der Waals surface area contributed by atoms with Crippen molar-refractivity contribution < 1.29 is 19.1 Å². The zero-order chi connectivity index (χ0) is 26.4. The third-order valence-electron chi connectivity index (χ3n) is 7.94. The van der Waals surface area contributed by atoms with E-state index in [1.165, 1.54) is 43.4 Å². The van der Waals surface area contributed by atoms with E-state index in [-0.39, 0.29) is 17.2 Å². The summed E-state index contributed by atoms with van der Waals surface area (Å²) >= 11 is 1.52. The van der Waals surface area contributed by atoms with Crippen LogP contribution in [-0.2, 0) is 9.59 Å². The van der Waals surface area contributed by atoms with Gasteiger partial charge in [0.2, 0.25) is 12.3 Å². The van der Waals surface area contributed by atoms with Gasteiger partial charge in [0.1, 0.15) is 5.75 Å². The topological polar surface area (TPSA) is 84.5 Å². The second-order valence-electron chi connectivity index (χ2n) is 11.5. The van der Waals surface area contributed by atoms with Gasteiger partial charge in [0.05, 0.1) is 12.2 Å². The zero-order valence-electron chi connectivity index (χ0n) is 22.3. The van der Waals surface area contributed by atoms with Crippen molar-refractivity contribution in [2.24, 2.45) is 23.2 Å². The highest BCUT2D eigenvalue weighted by atomic mass is 32.1. The van der Waals surface area contributed by atoms with Crippen LogP contribution in [-0.4, -0.2) is 31.4 Å². The minimum Gasteiger partial charge on any atom is -0.494 e. The van der Waals surface area contributed by atoms with Crippen molar-refractivity contribution >= 4 is 29.6 Å². The Balaban J connectivity index is 1.14. The lowest BCUT2D eigenvalue weighted by molar-refractivity contribution is -0.124. The van der Waals surface area contributed by atoms with Crippen LogP contribution in [0.2, 0.25) is 0 Å². The molecule has 4 rings (SSSR count). The normalized spacial score (nSPS) is 24.8. The van der Waals surface area contributed by atoms with Gasteiger partial charge in [0, 0.05) is 22.7 Å². The van der Waals surface area contributed by atoms with E-state index < -0.39 is 0 Å². The number of carbonyl (C=O) groups excluding carboxylic acids is 3. The lowest BCUT2D eigenvalue weighted by atomic mass is 9.58. The molecule has 2 unspecified atom stereocenters. The molecule has 3 amide bonds. The van der Waals surface area contributed by atoms with Gasteiger partial charge in [-0.25, -0.2) is 0 Å². The molecule has 6 nitrogen and oxygen atoms in total. The van der Waals surface area contributed by atoms with Crippen molar-refractivity contribution in [3.63, 3.8) is 0 Å². The number of aryl methyl sites for hydroxylation is 1. The summed E-state index contributed by atoms with van der Waals surface area (Å²) in [5, 5.41) is 5.33. The van der Waals surface area contributed by atoms with Gasteiger partial charge in [-0.3, -0.25) is 19.7 Å². The molecule has 2 N–H and O–H groups in total. The Morgan fingerprint density at radius 3 is 2.49 bits per heavy atom. The Morgan fingerprint density at radius 2 is 1.81 bits per heavy atom. The summed E-state index contributed by atoms with van der Waals surface area (Å²) in [4.78, 5) is 37.0. The fraction of sp³-hybridized carbons (Fsp3) is 0.567. The molecule has 2 bridgehead atoms. The molecule has 2 fully saturated rings. The third-order valence-corrected chi connectivity index (χ3v) is 9.04.